The van der Waals surface area contributed by atoms with Gasteiger partial charge in [0, 0.05) is 67.6 Å². The largest absolute Gasteiger partial charge is 0.467 e. The molecule has 0 saturated carbocycles. The molecule has 2 aromatic carbocycles. The molecule has 16 heteroatoms. The normalized spacial score (nSPS) is 22.6. The van der Waals surface area contributed by atoms with Crippen LogP contribution in [0.4, 0.5) is 20.3 Å². The van der Waals surface area contributed by atoms with E-state index in [-0.39, 0.29) is 41.2 Å². The monoisotopic (exact) mass is 773 g/mol. The molecule has 7 heterocycles. The molecule has 288 valence electrons. The van der Waals surface area contributed by atoms with Gasteiger partial charge in [0.2, 0.25) is 5.91 Å². The van der Waals surface area contributed by atoms with Gasteiger partial charge in [0.1, 0.15) is 17.8 Å². The Morgan fingerprint density at radius 3 is 2.76 bits per heavy atom. The summed E-state index contributed by atoms with van der Waals surface area (Å²) in [6.07, 6.45) is 6.50. The van der Waals surface area contributed by atoms with E-state index in [4.69, 9.17) is 35.6 Å². The Kier molecular flexibility index (Phi) is 10.8. The summed E-state index contributed by atoms with van der Waals surface area (Å²) in [5.41, 5.74) is 2.60. The molecule has 0 spiro atoms. The standard InChI is InChI=1S/C32H30ClFN8O4.C7H12FN/c1-44-32-36-24-16-40(25-4-2-3-19-5-6-23(34)29(33)28(19)25)12-10-22(24)31(38-32)41-13-14-42(21(15-41)9-11-35)27(43)8-7-26-37-30(39-46-26)20-17-45-18-20;8-6-4-7-2-1-3-9(7)5-6/h2-8,20-21H,9-10,12-18H2,1H3;6-7H,1-5H2/b8-7+;. The van der Waals surface area contributed by atoms with Crippen molar-refractivity contribution >= 4 is 45.9 Å². The van der Waals surface area contributed by atoms with Crippen molar-refractivity contribution in [1.29, 1.82) is 5.26 Å². The number of hydrogen-bond donors (Lipinski definition) is 0. The minimum atomic E-state index is -0.518. The van der Waals surface area contributed by atoms with Gasteiger partial charge in [-0.05, 0) is 49.7 Å². The first-order valence-corrected chi connectivity index (χ1v) is 19.1. The number of halogens is 3. The van der Waals surface area contributed by atoms with E-state index in [2.05, 4.69) is 30.9 Å². The van der Waals surface area contributed by atoms with Crippen molar-refractivity contribution in [3.8, 4) is 12.1 Å². The van der Waals surface area contributed by atoms with Crippen molar-refractivity contribution in [2.24, 2.45) is 0 Å². The number of alkyl halides is 1. The van der Waals surface area contributed by atoms with Crippen molar-refractivity contribution < 1.29 is 27.6 Å². The zero-order valence-corrected chi connectivity index (χ0v) is 31.3. The van der Waals surface area contributed by atoms with Crippen LogP contribution in [0.1, 0.15) is 54.6 Å². The SMILES string of the molecule is COc1nc2c(c(N3CCN(C(=O)/C=C/c4nc(C5COC5)no4)C(CC#N)C3)n1)CCN(c1cccc3ccc(F)c(Cl)c13)C2.FC1CC2CCCN2C1. The van der Waals surface area contributed by atoms with Gasteiger partial charge in [-0.25, -0.2) is 8.78 Å². The van der Waals surface area contributed by atoms with Crippen LogP contribution in [0.2, 0.25) is 5.02 Å². The highest BCUT2D eigenvalue weighted by molar-refractivity contribution is 6.36. The predicted molar refractivity (Wildman–Crippen MR) is 201 cm³/mol. The molecule has 4 fully saturated rings. The van der Waals surface area contributed by atoms with Gasteiger partial charge in [-0.2, -0.15) is 20.2 Å². The van der Waals surface area contributed by atoms with Crippen LogP contribution in [-0.2, 0) is 22.5 Å². The molecular formula is C39H42ClF2N9O4. The number of methoxy groups -OCH3 is 1. The van der Waals surface area contributed by atoms with Crippen LogP contribution in [0.25, 0.3) is 16.8 Å². The van der Waals surface area contributed by atoms with Gasteiger partial charge >= 0.3 is 6.01 Å². The molecule has 0 N–H and O–H groups in total. The van der Waals surface area contributed by atoms with Gasteiger partial charge in [0.25, 0.3) is 5.89 Å². The van der Waals surface area contributed by atoms with Crippen molar-refractivity contribution in [3.63, 3.8) is 0 Å². The smallest absolute Gasteiger partial charge is 0.318 e. The minimum absolute atomic E-state index is 0.0938. The van der Waals surface area contributed by atoms with Gasteiger partial charge in [0.15, 0.2) is 5.82 Å². The second-order valence-corrected chi connectivity index (χ2v) is 14.9. The molecule has 0 radical (unpaired) electrons. The van der Waals surface area contributed by atoms with Crippen LogP contribution in [0.3, 0.4) is 0 Å². The fraction of sp³-hybridized carbons (Fsp3) is 0.487. The maximum absolute atomic E-state index is 14.5. The number of anilines is 2. The van der Waals surface area contributed by atoms with Crippen LogP contribution in [0, 0.1) is 17.1 Å². The van der Waals surface area contributed by atoms with Crippen LogP contribution in [0.5, 0.6) is 6.01 Å². The van der Waals surface area contributed by atoms with Crippen LogP contribution < -0.4 is 14.5 Å². The molecule has 55 heavy (non-hydrogen) atoms. The summed E-state index contributed by atoms with van der Waals surface area (Å²) in [4.78, 5) is 35.3. The molecule has 0 aliphatic carbocycles. The third-order valence-corrected chi connectivity index (χ3v) is 11.5. The quantitative estimate of drug-likeness (QED) is 0.225. The van der Waals surface area contributed by atoms with Crippen LogP contribution >= 0.6 is 11.6 Å². The molecule has 0 bridgehead atoms. The number of hydrogen-bond acceptors (Lipinski definition) is 12. The van der Waals surface area contributed by atoms with Gasteiger partial charge in [-0.3, -0.25) is 9.69 Å². The Morgan fingerprint density at radius 1 is 1.11 bits per heavy atom. The molecule has 9 rings (SSSR count). The first-order chi connectivity index (χ1) is 26.8. The van der Waals surface area contributed by atoms with E-state index < -0.39 is 12.0 Å². The lowest BCUT2D eigenvalue weighted by molar-refractivity contribution is -0.128. The fourth-order valence-electron chi connectivity index (χ4n) is 8.25. The van der Waals surface area contributed by atoms with Crippen molar-refractivity contribution in [1.82, 2.24) is 29.9 Å². The number of piperazine rings is 1. The third kappa shape index (κ3) is 7.68. The van der Waals surface area contributed by atoms with Gasteiger partial charge in [-0.1, -0.05) is 35.0 Å². The summed E-state index contributed by atoms with van der Waals surface area (Å²) < 4.78 is 43.0. The Labute approximate surface area is 322 Å². The molecule has 4 saturated heterocycles. The lowest BCUT2D eigenvalue weighted by atomic mass is 10.0. The fourth-order valence-corrected chi connectivity index (χ4v) is 8.52. The average molecular weight is 774 g/mol. The summed E-state index contributed by atoms with van der Waals surface area (Å²) in [5, 5.41) is 15.2. The number of amides is 1. The summed E-state index contributed by atoms with van der Waals surface area (Å²) >= 11 is 6.45. The number of nitriles is 1. The number of benzene rings is 2. The Balaban J connectivity index is 0.000000413. The highest BCUT2D eigenvalue weighted by atomic mass is 35.5. The van der Waals surface area contributed by atoms with E-state index in [1.807, 2.05) is 18.2 Å². The zero-order valence-electron chi connectivity index (χ0n) is 30.5. The second-order valence-electron chi connectivity index (χ2n) is 14.5. The molecule has 2 aromatic heterocycles. The van der Waals surface area contributed by atoms with E-state index in [0.29, 0.717) is 76.2 Å². The molecular weight excluding hydrogens is 732 g/mol. The molecule has 3 atom stereocenters. The van der Waals surface area contributed by atoms with Crippen molar-refractivity contribution in [2.45, 2.75) is 62.8 Å². The van der Waals surface area contributed by atoms with Crippen molar-refractivity contribution in [3.05, 3.63) is 70.2 Å². The van der Waals surface area contributed by atoms with Gasteiger partial charge < -0.3 is 28.7 Å². The number of carbonyl (C=O) groups is 1. The predicted octanol–water partition coefficient (Wildman–Crippen LogP) is 5.33. The summed E-state index contributed by atoms with van der Waals surface area (Å²) in [6.45, 7) is 5.35. The van der Waals surface area contributed by atoms with Gasteiger partial charge in [-0.15, -0.1) is 0 Å². The number of fused-ring (bicyclic) bond motifs is 3. The van der Waals surface area contributed by atoms with Crippen molar-refractivity contribution in [2.75, 3.05) is 69.4 Å². The van der Waals surface area contributed by atoms with Crippen LogP contribution in [-0.4, -0.2) is 114 Å². The zero-order chi connectivity index (χ0) is 38.1. The summed E-state index contributed by atoms with van der Waals surface area (Å²) in [5.74, 6) is 0.951. The lowest BCUT2D eigenvalue weighted by Crippen LogP contribution is -2.55. The number of aromatic nitrogens is 4. The number of nitrogens with zero attached hydrogens (tertiary/aromatic N) is 9. The maximum atomic E-state index is 14.5. The molecule has 13 nitrogen and oxygen atoms in total. The number of rotatable bonds is 7. The first-order valence-electron chi connectivity index (χ1n) is 18.7. The second kappa shape index (κ2) is 16.1. The lowest BCUT2D eigenvalue weighted by Gasteiger charge is -2.42. The molecule has 5 aliphatic heterocycles. The highest BCUT2D eigenvalue weighted by Crippen LogP contribution is 2.38. The summed E-state index contributed by atoms with van der Waals surface area (Å²) in [7, 11) is 1.52. The highest BCUT2D eigenvalue weighted by Gasteiger charge is 2.36. The third-order valence-electron chi connectivity index (χ3n) is 11.1. The molecule has 3 unspecified atom stereocenters. The Bertz CT molecular complexity index is 2110. The maximum Gasteiger partial charge on any atom is 0.318 e. The van der Waals surface area contributed by atoms with Crippen LogP contribution in [0.15, 0.2) is 40.9 Å². The number of carbonyl (C=O) groups excluding carboxylic acids is 1. The van der Waals surface area contributed by atoms with E-state index in [9.17, 15) is 18.8 Å². The van der Waals surface area contributed by atoms with E-state index in [0.717, 1.165) is 41.1 Å². The molecule has 1 amide bonds. The Hall–Kier alpha value is -4.91. The van der Waals surface area contributed by atoms with E-state index in [1.54, 1.807) is 11.0 Å². The van der Waals surface area contributed by atoms with Gasteiger partial charge in [0.05, 0.1) is 62.0 Å². The topological polar surface area (TPSA) is 137 Å². The molecule has 4 aromatic rings. The average Bonchev–Trinajstić information content (AvgIpc) is 3.91. The summed E-state index contributed by atoms with van der Waals surface area (Å²) in [6, 6.07) is 11.6. The van der Waals surface area contributed by atoms with E-state index >= 15 is 0 Å². The minimum Gasteiger partial charge on any atom is -0.467 e. The number of ether oxygens (including phenoxy) is 2. The molecule has 5 aliphatic rings. The Morgan fingerprint density at radius 2 is 1.98 bits per heavy atom. The first kappa shape index (κ1) is 37.0. The van der Waals surface area contributed by atoms with E-state index in [1.165, 1.54) is 38.2 Å².